The van der Waals surface area contributed by atoms with Gasteiger partial charge in [-0.15, -0.1) is 0 Å². The Balaban J connectivity index is 2.10. The van der Waals surface area contributed by atoms with Gasteiger partial charge in [-0.3, -0.25) is 0 Å². The van der Waals surface area contributed by atoms with Gasteiger partial charge < -0.3 is 9.88 Å². The highest BCUT2D eigenvalue weighted by Gasteiger charge is 2.04. The second kappa shape index (κ2) is 4.66. The van der Waals surface area contributed by atoms with Gasteiger partial charge in [0.05, 0.1) is 35.9 Å². The smallest absolute Gasteiger partial charge is 0.147 e. The highest BCUT2D eigenvalue weighted by molar-refractivity contribution is 5.48. The summed E-state index contributed by atoms with van der Waals surface area (Å²) < 4.78 is 15.4. The molecule has 2 rings (SSSR count). The van der Waals surface area contributed by atoms with Gasteiger partial charge in [0.15, 0.2) is 0 Å². The van der Waals surface area contributed by atoms with Gasteiger partial charge in [0, 0.05) is 13.2 Å². The summed E-state index contributed by atoms with van der Waals surface area (Å²) in [6, 6.07) is 6.24. The van der Waals surface area contributed by atoms with Crippen LogP contribution in [0.25, 0.3) is 0 Å². The Bertz CT molecular complexity index is 568. The van der Waals surface area contributed by atoms with Crippen molar-refractivity contribution in [3.8, 4) is 6.07 Å². The van der Waals surface area contributed by atoms with Gasteiger partial charge >= 0.3 is 0 Å². The van der Waals surface area contributed by atoms with E-state index in [-0.39, 0.29) is 0 Å². The number of nitriles is 1. The van der Waals surface area contributed by atoms with Crippen LogP contribution in [0.15, 0.2) is 30.7 Å². The molecule has 0 saturated carbocycles. The largest absolute Gasteiger partial charge is 0.377 e. The van der Waals surface area contributed by atoms with Gasteiger partial charge in [0.2, 0.25) is 0 Å². The number of aromatic nitrogens is 2. The maximum absolute atomic E-state index is 13.5. The molecule has 5 heteroatoms. The zero-order valence-electron chi connectivity index (χ0n) is 9.31. The van der Waals surface area contributed by atoms with Crippen LogP contribution in [0.2, 0.25) is 0 Å². The molecule has 0 aliphatic heterocycles. The van der Waals surface area contributed by atoms with E-state index >= 15 is 0 Å². The molecule has 0 amide bonds. The molecule has 0 aliphatic carbocycles. The molecule has 0 saturated heterocycles. The van der Waals surface area contributed by atoms with E-state index in [1.807, 2.05) is 17.7 Å². The predicted molar refractivity (Wildman–Crippen MR) is 61.6 cm³/mol. The van der Waals surface area contributed by atoms with Gasteiger partial charge in [-0.05, 0) is 18.2 Å². The van der Waals surface area contributed by atoms with Crippen LogP contribution < -0.4 is 5.32 Å². The molecule has 2 aromatic rings. The normalized spacial score (nSPS) is 9.94. The number of benzene rings is 1. The van der Waals surface area contributed by atoms with E-state index in [0.29, 0.717) is 17.8 Å². The zero-order chi connectivity index (χ0) is 12.3. The number of nitrogens with zero attached hydrogens (tertiary/aromatic N) is 3. The van der Waals surface area contributed by atoms with Crippen LogP contribution in [-0.4, -0.2) is 9.55 Å². The summed E-state index contributed by atoms with van der Waals surface area (Å²) >= 11 is 0. The minimum absolute atomic E-state index is 0.314. The first kappa shape index (κ1) is 11.1. The van der Waals surface area contributed by atoms with Crippen molar-refractivity contribution in [2.45, 2.75) is 6.54 Å². The van der Waals surface area contributed by atoms with E-state index in [2.05, 4.69) is 10.3 Å². The number of anilines is 1. The highest BCUT2D eigenvalue weighted by atomic mass is 19.1. The molecule has 0 aliphatic rings. The number of aryl methyl sites for hydroxylation is 1. The maximum Gasteiger partial charge on any atom is 0.147 e. The first-order valence-corrected chi connectivity index (χ1v) is 5.09. The fraction of sp³-hybridized carbons (Fsp3) is 0.167. The van der Waals surface area contributed by atoms with Crippen LogP contribution in [0, 0.1) is 17.1 Å². The minimum Gasteiger partial charge on any atom is -0.377 e. The molecule has 0 radical (unpaired) electrons. The van der Waals surface area contributed by atoms with Crippen molar-refractivity contribution in [3.05, 3.63) is 47.8 Å². The third-order valence-electron chi connectivity index (χ3n) is 2.47. The van der Waals surface area contributed by atoms with Crippen LogP contribution >= 0.6 is 0 Å². The van der Waals surface area contributed by atoms with Gasteiger partial charge in [0.1, 0.15) is 5.82 Å². The Morgan fingerprint density at radius 1 is 1.53 bits per heavy atom. The number of nitrogens with one attached hydrogen (secondary N) is 1. The van der Waals surface area contributed by atoms with Crippen molar-refractivity contribution >= 4 is 5.69 Å². The van der Waals surface area contributed by atoms with E-state index in [0.717, 1.165) is 5.69 Å². The van der Waals surface area contributed by atoms with Crippen LogP contribution in [0.1, 0.15) is 11.3 Å². The van der Waals surface area contributed by atoms with Crippen LogP contribution in [0.3, 0.4) is 0 Å². The molecular formula is C12H11FN4. The van der Waals surface area contributed by atoms with E-state index in [4.69, 9.17) is 5.26 Å². The van der Waals surface area contributed by atoms with Gasteiger partial charge in [0.25, 0.3) is 0 Å². The SMILES string of the molecule is Cn1cncc1CNc1ccc(C#N)cc1F. The molecule has 0 bridgehead atoms. The second-order valence-corrected chi connectivity index (χ2v) is 3.66. The number of rotatable bonds is 3. The van der Waals surface area contributed by atoms with Gasteiger partial charge in [-0.2, -0.15) is 5.26 Å². The number of hydrogen-bond donors (Lipinski definition) is 1. The van der Waals surface area contributed by atoms with E-state index in [1.54, 1.807) is 24.7 Å². The zero-order valence-corrected chi connectivity index (χ0v) is 9.31. The Morgan fingerprint density at radius 2 is 2.35 bits per heavy atom. The summed E-state index contributed by atoms with van der Waals surface area (Å²) in [5.74, 6) is -0.425. The van der Waals surface area contributed by atoms with Crippen LogP contribution in [0.4, 0.5) is 10.1 Å². The monoisotopic (exact) mass is 230 g/mol. The molecule has 0 spiro atoms. The average molecular weight is 230 g/mol. The van der Waals surface area contributed by atoms with E-state index < -0.39 is 5.82 Å². The number of hydrogen-bond acceptors (Lipinski definition) is 3. The van der Waals surface area contributed by atoms with Crippen molar-refractivity contribution < 1.29 is 4.39 Å². The standard InChI is InChI=1S/C12H11FN4/c1-17-8-15-6-10(17)7-16-12-3-2-9(5-14)4-11(12)13/h2-4,6,8,16H,7H2,1H3. The molecule has 86 valence electrons. The molecule has 4 nitrogen and oxygen atoms in total. The predicted octanol–water partition coefficient (Wildman–Crippen LogP) is 2.04. The summed E-state index contributed by atoms with van der Waals surface area (Å²) in [4.78, 5) is 3.97. The molecule has 1 N–H and O–H groups in total. The molecule has 1 aromatic carbocycles. The van der Waals surface area contributed by atoms with Gasteiger partial charge in [-0.1, -0.05) is 0 Å². The molecule has 0 fully saturated rings. The van der Waals surface area contributed by atoms with Crippen molar-refractivity contribution in [1.82, 2.24) is 9.55 Å². The summed E-state index contributed by atoms with van der Waals surface area (Å²) in [7, 11) is 1.87. The molecule has 0 unspecified atom stereocenters. The third-order valence-corrected chi connectivity index (χ3v) is 2.47. The Labute approximate surface area is 98.3 Å². The van der Waals surface area contributed by atoms with Crippen molar-refractivity contribution in [3.63, 3.8) is 0 Å². The molecule has 1 heterocycles. The quantitative estimate of drug-likeness (QED) is 0.877. The fourth-order valence-corrected chi connectivity index (χ4v) is 1.47. The molecule has 1 aromatic heterocycles. The van der Waals surface area contributed by atoms with Crippen molar-refractivity contribution in [2.24, 2.45) is 7.05 Å². The maximum atomic E-state index is 13.5. The first-order valence-electron chi connectivity index (χ1n) is 5.09. The lowest BCUT2D eigenvalue weighted by Gasteiger charge is -2.07. The van der Waals surface area contributed by atoms with Crippen molar-refractivity contribution in [2.75, 3.05) is 5.32 Å². The van der Waals surface area contributed by atoms with E-state index in [9.17, 15) is 4.39 Å². The molecule has 17 heavy (non-hydrogen) atoms. The summed E-state index contributed by atoms with van der Waals surface area (Å²) in [6.07, 6.45) is 3.40. The Morgan fingerprint density at radius 3 is 2.94 bits per heavy atom. The minimum atomic E-state index is -0.425. The summed E-state index contributed by atoms with van der Waals surface area (Å²) in [5, 5.41) is 11.6. The van der Waals surface area contributed by atoms with Crippen molar-refractivity contribution in [1.29, 1.82) is 5.26 Å². The Kier molecular flexibility index (Phi) is 3.06. The molecular weight excluding hydrogens is 219 g/mol. The average Bonchev–Trinajstić information content (AvgIpc) is 2.73. The lowest BCUT2D eigenvalue weighted by molar-refractivity contribution is 0.629. The number of halogens is 1. The highest BCUT2D eigenvalue weighted by Crippen LogP contribution is 2.16. The lowest BCUT2D eigenvalue weighted by atomic mass is 10.2. The van der Waals surface area contributed by atoms with Crippen LogP contribution in [0.5, 0.6) is 0 Å². The topological polar surface area (TPSA) is 53.6 Å². The lowest BCUT2D eigenvalue weighted by Crippen LogP contribution is -2.05. The third kappa shape index (κ3) is 2.42. The van der Waals surface area contributed by atoms with E-state index in [1.165, 1.54) is 6.07 Å². The first-order chi connectivity index (χ1) is 8.20. The summed E-state index contributed by atoms with van der Waals surface area (Å²) in [6.45, 7) is 0.485. The molecule has 0 atom stereocenters. The fourth-order valence-electron chi connectivity index (χ4n) is 1.47. The summed E-state index contributed by atoms with van der Waals surface area (Å²) in [5.41, 5.74) is 1.65. The van der Waals surface area contributed by atoms with Crippen LogP contribution in [-0.2, 0) is 13.6 Å². The van der Waals surface area contributed by atoms with Gasteiger partial charge in [-0.25, -0.2) is 9.37 Å². The second-order valence-electron chi connectivity index (χ2n) is 3.66. The number of imidazole rings is 1. The Hall–Kier alpha value is -2.35.